The van der Waals surface area contributed by atoms with Gasteiger partial charge in [0.1, 0.15) is 12.7 Å². The zero-order valence-electron chi connectivity index (χ0n) is 30.9. The summed E-state index contributed by atoms with van der Waals surface area (Å²) in [6.45, 7) is 13.3. The highest BCUT2D eigenvalue weighted by Crippen LogP contribution is 2.33. The molecule has 2 saturated heterocycles. The summed E-state index contributed by atoms with van der Waals surface area (Å²) in [6, 6.07) is 0. The Hall–Kier alpha value is -3.12. The average Bonchev–Trinajstić information content (AvgIpc) is 3.11. The predicted octanol–water partition coefficient (Wildman–Crippen LogP) is 5.38. The molecule has 0 amide bonds. The smallest absolute Gasteiger partial charge is 0.335 e. The van der Waals surface area contributed by atoms with Crippen molar-refractivity contribution in [3.8, 4) is 0 Å². The van der Waals surface area contributed by atoms with Crippen LogP contribution in [-0.4, -0.2) is 94.4 Å². The lowest BCUT2D eigenvalue weighted by molar-refractivity contribution is -0.169. The van der Waals surface area contributed by atoms with Gasteiger partial charge in [0, 0.05) is 43.1 Å². The first-order chi connectivity index (χ1) is 24.4. The summed E-state index contributed by atoms with van der Waals surface area (Å²) in [5, 5.41) is 41.5. The highest BCUT2D eigenvalue weighted by molar-refractivity contribution is 5.82. The van der Waals surface area contributed by atoms with Crippen LogP contribution in [0.1, 0.15) is 79.6 Å². The molecule has 10 heteroatoms. The predicted molar refractivity (Wildman–Crippen MR) is 196 cm³/mol. The third-order valence-electron chi connectivity index (χ3n) is 10.3. The number of hydrogen-bond donors (Lipinski definition) is 4. The van der Waals surface area contributed by atoms with Crippen LogP contribution in [0.25, 0.3) is 0 Å². The van der Waals surface area contributed by atoms with Crippen molar-refractivity contribution >= 4 is 11.9 Å². The van der Waals surface area contributed by atoms with Gasteiger partial charge in [0.2, 0.25) is 0 Å². The first-order valence-corrected chi connectivity index (χ1v) is 18.4. The van der Waals surface area contributed by atoms with Crippen molar-refractivity contribution in [1.29, 1.82) is 0 Å². The number of aliphatic hydroxyl groups excluding tert-OH is 4. The summed E-state index contributed by atoms with van der Waals surface area (Å²) in [7, 11) is 0. The van der Waals surface area contributed by atoms with E-state index >= 15 is 0 Å². The second-order valence-corrected chi connectivity index (χ2v) is 14.1. The van der Waals surface area contributed by atoms with E-state index in [4.69, 9.17) is 18.9 Å². The number of esters is 2. The van der Waals surface area contributed by atoms with Gasteiger partial charge in [0.15, 0.2) is 6.10 Å². The number of carbonyl (C=O) groups excluding carboxylic acids is 2. The van der Waals surface area contributed by atoms with Gasteiger partial charge >= 0.3 is 11.9 Å². The monoisotopic (exact) mass is 712 g/mol. The van der Waals surface area contributed by atoms with Crippen molar-refractivity contribution in [2.45, 2.75) is 128 Å². The van der Waals surface area contributed by atoms with E-state index in [-0.39, 0.29) is 49.8 Å². The number of carbonyl (C=O) groups is 2. The molecule has 10 nitrogen and oxygen atoms in total. The lowest BCUT2D eigenvalue weighted by Gasteiger charge is -2.39. The van der Waals surface area contributed by atoms with Crippen molar-refractivity contribution in [2.75, 3.05) is 13.2 Å². The molecule has 51 heavy (non-hydrogen) atoms. The summed E-state index contributed by atoms with van der Waals surface area (Å²) >= 11 is 0. The fraction of sp³-hybridized carbons (Fsp3) is 0.610. The van der Waals surface area contributed by atoms with E-state index in [1.165, 1.54) is 6.08 Å². The zero-order chi connectivity index (χ0) is 37.5. The van der Waals surface area contributed by atoms with Crippen LogP contribution in [0.5, 0.6) is 0 Å². The number of fused-ring (bicyclic) bond motifs is 4. The quantitative estimate of drug-likeness (QED) is 0.162. The molecule has 11 unspecified atom stereocenters. The Labute approximate surface area is 303 Å². The molecule has 3 rings (SSSR count). The fourth-order valence-electron chi connectivity index (χ4n) is 6.58. The van der Waals surface area contributed by atoms with Gasteiger partial charge in [0.05, 0.1) is 43.2 Å². The molecule has 0 aromatic heterocycles. The lowest BCUT2D eigenvalue weighted by Crippen LogP contribution is -2.47. The number of allylic oxidation sites excluding steroid dienone is 6. The average molecular weight is 713 g/mol. The fourth-order valence-corrected chi connectivity index (χ4v) is 6.58. The number of hydrogen-bond acceptors (Lipinski definition) is 10. The van der Waals surface area contributed by atoms with E-state index in [1.54, 1.807) is 24.3 Å². The molecule has 11 atom stereocenters. The second-order valence-electron chi connectivity index (χ2n) is 14.1. The molecular formula is C41H60O10. The molecule has 284 valence electrons. The maximum atomic E-state index is 12.9. The van der Waals surface area contributed by atoms with Gasteiger partial charge in [-0.2, -0.15) is 0 Å². The molecule has 0 aromatic rings. The van der Waals surface area contributed by atoms with Crippen LogP contribution in [0.3, 0.4) is 0 Å². The van der Waals surface area contributed by atoms with Crippen LogP contribution in [0.4, 0.5) is 0 Å². The first kappa shape index (κ1) is 42.3. The molecular weight excluding hydrogens is 652 g/mol. The Kier molecular flexibility index (Phi) is 17.8. The van der Waals surface area contributed by atoms with E-state index in [2.05, 4.69) is 32.6 Å². The molecule has 4 N–H and O–H groups in total. The Morgan fingerprint density at radius 2 is 1.86 bits per heavy atom. The molecule has 0 radical (unpaired) electrons. The summed E-state index contributed by atoms with van der Waals surface area (Å²) in [6.07, 6.45) is 17.0. The number of rotatable bonds is 11. The van der Waals surface area contributed by atoms with Gasteiger partial charge in [-0.3, -0.25) is 0 Å². The first-order valence-electron chi connectivity index (χ1n) is 18.4. The standard InChI is InChI=1S/C41H60O10/c1-7-34(43)28(4)27(3)25-48-41(47)35(44)19-14-15-20-37-33(24-42)38-23-32(49-37)18-11-8-10-16-26(2)29(5)40-30(6)36(45)22-31(50-40)17-12-9-13-21-39(46)51-38/h9-16,18,21,28,30-38,40,42-45H,3,7-8,17,19-20,22-25H2,1-2,4-6H3/b12-9-,15-14+,16-10-,18-11-,21-13-,29-26-. The Morgan fingerprint density at radius 1 is 1.10 bits per heavy atom. The van der Waals surface area contributed by atoms with E-state index in [0.717, 1.165) is 11.1 Å². The van der Waals surface area contributed by atoms with Crippen LogP contribution in [-0.2, 0) is 28.5 Å². The number of aliphatic hydroxyl groups is 4. The van der Waals surface area contributed by atoms with Gasteiger partial charge in [-0.05, 0) is 56.3 Å². The van der Waals surface area contributed by atoms with Crippen molar-refractivity contribution in [3.05, 3.63) is 84.1 Å². The molecule has 3 aliphatic rings. The third-order valence-corrected chi connectivity index (χ3v) is 10.3. The van der Waals surface area contributed by atoms with Crippen LogP contribution >= 0.6 is 0 Å². The molecule has 2 fully saturated rings. The van der Waals surface area contributed by atoms with Crippen molar-refractivity contribution in [1.82, 2.24) is 0 Å². The Balaban J connectivity index is 1.70. The Bertz CT molecular complexity index is 1330. The molecule has 3 heterocycles. The minimum absolute atomic E-state index is 0.0157. The van der Waals surface area contributed by atoms with Gasteiger partial charge in [-0.15, -0.1) is 0 Å². The van der Waals surface area contributed by atoms with Crippen LogP contribution in [0.2, 0.25) is 0 Å². The van der Waals surface area contributed by atoms with Crippen molar-refractivity contribution < 1.29 is 49.0 Å². The maximum Gasteiger partial charge on any atom is 0.335 e. The maximum absolute atomic E-state index is 12.9. The summed E-state index contributed by atoms with van der Waals surface area (Å²) in [4.78, 5) is 25.2. The van der Waals surface area contributed by atoms with Crippen LogP contribution < -0.4 is 0 Å². The second kappa shape index (κ2) is 21.4. The van der Waals surface area contributed by atoms with Crippen LogP contribution in [0.15, 0.2) is 84.1 Å². The summed E-state index contributed by atoms with van der Waals surface area (Å²) in [5.41, 5.74) is 2.75. The SMILES string of the molecule is C=C(COC(=O)C(O)C/C=C/CC1OC2/C=C\C/C=C\C(C)=C(\C)C3OC(C/C=C\C=C/C(=O)OC(C2)C1CO)CC(O)C3C)C(C)C(O)CC. The molecule has 0 saturated carbocycles. The van der Waals surface area contributed by atoms with E-state index < -0.39 is 48.4 Å². The normalized spacial score (nSPS) is 35.1. The molecule has 3 aliphatic heterocycles. The summed E-state index contributed by atoms with van der Waals surface area (Å²) < 4.78 is 23.8. The highest BCUT2D eigenvalue weighted by Gasteiger charge is 2.39. The molecule has 0 aliphatic carbocycles. The van der Waals surface area contributed by atoms with Gasteiger partial charge < -0.3 is 39.4 Å². The van der Waals surface area contributed by atoms with Gasteiger partial charge in [0.25, 0.3) is 0 Å². The minimum atomic E-state index is -1.38. The van der Waals surface area contributed by atoms with E-state index in [9.17, 15) is 30.0 Å². The number of ether oxygens (including phenoxy) is 4. The zero-order valence-corrected chi connectivity index (χ0v) is 30.9. The van der Waals surface area contributed by atoms with Crippen molar-refractivity contribution in [2.24, 2.45) is 17.8 Å². The highest BCUT2D eigenvalue weighted by atomic mass is 16.6. The molecule has 4 bridgehead atoms. The summed E-state index contributed by atoms with van der Waals surface area (Å²) in [5.74, 6) is -2.07. The minimum Gasteiger partial charge on any atom is -0.459 e. The van der Waals surface area contributed by atoms with Gasteiger partial charge in [-0.25, -0.2) is 9.59 Å². The van der Waals surface area contributed by atoms with Crippen molar-refractivity contribution in [3.63, 3.8) is 0 Å². The van der Waals surface area contributed by atoms with E-state index in [0.29, 0.717) is 44.1 Å². The molecule has 0 spiro atoms. The lowest BCUT2D eigenvalue weighted by atomic mass is 9.84. The molecule has 0 aromatic carbocycles. The van der Waals surface area contributed by atoms with E-state index in [1.807, 2.05) is 39.0 Å². The topological polar surface area (TPSA) is 152 Å². The third kappa shape index (κ3) is 13.1. The Morgan fingerprint density at radius 3 is 2.59 bits per heavy atom. The largest absolute Gasteiger partial charge is 0.459 e. The van der Waals surface area contributed by atoms with Gasteiger partial charge in [-0.1, -0.05) is 82.0 Å². The van der Waals surface area contributed by atoms with Crippen LogP contribution in [0, 0.1) is 17.8 Å².